The van der Waals surface area contributed by atoms with E-state index in [1.165, 1.54) is 4.31 Å². The summed E-state index contributed by atoms with van der Waals surface area (Å²) in [7, 11) is -1.84. The van der Waals surface area contributed by atoms with Crippen molar-refractivity contribution in [3.63, 3.8) is 0 Å². The molecular weight excluding hydrogens is 238 g/mol. The molecule has 96 valence electrons. The minimum Gasteiger partial charge on any atom is -0.326 e. The van der Waals surface area contributed by atoms with Gasteiger partial charge >= 0.3 is 0 Å². The second-order valence-electron chi connectivity index (χ2n) is 3.73. The van der Waals surface area contributed by atoms with E-state index in [2.05, 4.69) is 4.72 Å². The van der Waals surface area contributed by atoms with Crippen LogP contribution in [0.5, 0.6) is 0 Å². The molecule has 0 bridgehead atoms. The molecule has 1 rings (SSSR count). The molecule has 0 spiro atoms. The third-order valence-electron chi connectivity index (χ3n) is 2.47. The van der Waals surface area contributed by atoms with Crippen LogP contribution < -0.4 is 10.5 Å². The van der Waals surface area contributed by atoms with E-state index in [1.54, 1.807) is 14.0 Å². The molecule has 0 amide bonds. The van der Waals surface area contributed by atoms with E-state index in [1.807, 2.05) is 24.3 Å². The number of rotatable bonds is 6. The molecule has 0 saturated carbocycles. The van der Waals surface area contributed by atoms with Crippen molar-refractivity contribution in [1.82, 2.24) is 9.03 Å². The summed E-state index contributed by atoms with van der Waals surface area (Å²) < 4.78 is 27.2. The lowest BCUT2D eigenvalue weighted by Crippen LogP contribution is -2.37. The first kappa shape index (κ1) is 14.1. The van der Waals surface area contributed by atoms with Gasteiger partial charge in [0.2, 0.25) is 0 Å². The van der Waals surface area contributed by atoms with E-state index in [-0.39, 0.29) is 0 Å². The van der Waals surface area contributed by atoms with Crippen LogP contribution >= 0.6 is 0 Å². The highest BCUT2D eigenvalue weighted by Gasteiger charge is 2.17. The zero-order valence-corrected chi connectivity index (χ0v) is 11.0. The Kier molecular flexibility index (Phi) is 5.07. The third kappa shape index (κ3) is 3.78. The summed E-state index contributed by atoms with van der Waals surface area (Å²) in [6.45, 7) is 2.86. The van der Waals surface area contributed by atoms with Crippen molar-refractivity contribution in [3.8, 4) is 0 Å². The fraction of sp³-hybridized carbons (Fsp3) is 0.455. The van der Waals surface area contributed by atoms with E-state index < -0.39 is 10.2 Å². The van der Waals surface area contributed by atoms with Gasteiger partial charge in [0, 0.05) is 26.7 Å². The van der Waals surface area contributed by atoms with Crippen molar-refractivity contribution in [1.29, 1.82) is 0 Å². The van der Waals surface area contributed by atoms with E-state index >= 15 is 0 Å². The van der Waals surface area contributed by atoms with Crippen LogP contribution in [-0.4, -0.2) is 26.3 Å². The molecule has 0 unspecified atom stereocenters. The van der Waals surface area contributed by atoms with Crippen LogP contribution in [0.25, 0.3) is 0 Å². The summed E-state index contributed by atoms with van der Waals surface area (Å²) in [4.78, 5) is 0. The smallest absolute Gasteiger partial charge is 0.279 e. The molecule has 0 atom stereocenters. The normalized spacial score (nSPS) is 12.0. The van der Waals surface area contributed by atoms with Crippen LogP contribution in [0.4, 0.5) is 0 Å². The Morgan fingerprint density at radius 2 is 1.88 bits per heavy atom. The van der Waals surface area contributed by atoms with Gasteiger partial charge in [-0.15, -0.1) is 0 Å². The van der Waals surface area contributed by atoms with Gasteiger partial charge in [0.15, 0.2) is 0 Å². The molecule has 0 heterocycles. The lowest BCUT2D eigenvalue weighted by atomic mass is 10.1. The molecule has 1 aromatic carbocycles. The van der Waals surface area contributed by atoms with Gasteiger partial charge in [0.25, 0.3) is 10.2 Å². The molecule has 0 fully saturated rings. The zero-order chi connectivity index (χ0) is 12.9. The summed E-state index contributed by atoms with van der Waals surface area (Å²) in [5.74, 6) is 0. The fourth-order valence-electron chi connectivity index (χ4n) is 1.53. The lowest BCUT2D eigenvalue weighted by molar-refractivity contribution is 0.455. The van der Waals surface area contributed by atoms with Crippen molar-refractivity contribution < 1.29 is 8.42 Å². The maximum atomic E-state index is 11.7. The number of nitrogens with zero attached hydrogens (tertiary/aromatic N) is 1. The third-order valence-corrected chi connectivity index (χ3v) is 4.07. The zero-order valence-electron chi connectivity index (χ0n) is 10.2. The second kappa shape index (κ2) is 6.11. The van der Waals surface area contributed by atoms with Gasteiger partial charge < -0.3 is 5.73 Å². The van der Waals surface area contributed by atoms with Crippen LogP contribution in [0.2, 0.25) is 0 Å². The molecule has 5 nitrogen and oxygen atoms in total. The monoisotopic (exact) mass is 257 g/mol. The van der Waals surface area contributed by atoms with Crippen molar-refractivity contribution in [2.45, 2.75) is 20.0 Å². The summed E-state index contributed by atoms with van der Waals surface area (Å²) in [5.41, 5.74) is 7.50. The van der Waals surface area contributed by atoms with Gasteiger partial charge in [-0.25, -0.2) is 4.72 Å². The molecule has 3 N–H and O–H groups in total. The molecule has 1 aromatic rings. The Balaban J connectivity index is 2.84. The van der Waals surface area contributed by atoms with Crippen LogP contribution in [0.15, 0.2) is 24.3 Å². The fourth-order valence-corrected chi connectivity index (χ4v) is 2.42. The SMILES string of the molecule is CCNS(=O)(=O)N(C)Cc1ccccc1CN. The molecular formula is C11H19N3O2S. The largest absolute Gasteiger partial charge is 0.326 e. The Morgan fingerprint density at radius 3 is 2.41 bits per heavy atom. The van der Waals surface area contributed by atoms with Crippen LogP contribution in [0.3, 0.4) is 0 Å². The van der Waals surface area contributed by atoms with Gasteiger partial charge in [-0.3, -0.25) is 0 Å². The highest BCUT2D eigenvalue weighted by Crippen LogP contribution is 2.11. The quantitative estimate of drug-likeness (QED) is 0.776. The first-order valence-corrected chi connectivity index (χ1v) is 6.93. The van der Waals surface area contributed by atoms with Crippen molar-refractivity contribution >= 4 is 10.2 Å². The number of hydrogen-bond donors (Lipinski definition) is 2. The Labute approximate surface area is 103 Å². The van der Waals surface area contributed by atoms with Crippen molar-refractivity contribution in [2.24, 2.45) is 5.73 Å². The molecule has 0 aliphatic carbocycles. The topological polar surface area (TPSA) is 75.4 Å². The number of nitrogens with two attached hydrogens (primary N) is 1. The maximum Gasteiger partial charge on any atom is 0.279 e. The molecule has 0 aromatic heterocycles. The minimum atomic E-state index is -3.39. The Bertz CT molecular complexity index is 460. The van der Waals surface area contributed by atoms with Crippen molar-refractivity contribution in [2.75, 3.05) is 13.6 Å². The Morgan fingerprint density at radius 1 is 1.29 bits per heavy atom. The van der Waals surface area contributed by atoms with Gasteiger partial charge in [-0.1, -0.05) is 31.2 Å². The first-order chi connectivity index (χ1) is 8.01. The van der Waals surface area contributed by atoms with E-state index in [9.17, 15) is 8.42 Å². The highest BCUT2D eigenvalue weighted by molar-refractivity contribution is 7.87. The average Bonchev–Trinajstić information content (AvgIpc) is 2.29. The van der Waals surface area contributed by atoms with Gasteiger partial charge in [0.1, 0.15) is 0 Å². The molecule has 0 saturated heterocycles. The number of benzene rings is 1. The first-order valence-electron chi connectivity index (χ1n) is 5.49. The van der Waals surface area contributed by atoms with Gasteiger partial charge in [-0.05, 0) is 11.1 Å². The molecule has 17 heavy (non-hydrogen) atoms. The van der Waals surface area contributed by atoms with Gasteiger partial charge in [-0.2, -0.15) is 12.7 Å². The molecule has 0 radical (unpaired) electrons. The van der Waals surface area contributed by atoms with E-state index in [0.717, 1.165) is 11.1 Å². The summed E-state index contributed by atoms with van der Waals surface area (Å²) >= 11 is 0. The van der Waals surface area contributed by atoms with Crippen molar-refractivity contribution in [3.05, 3.63) is 35.4 Å². The summed E-state index contributed by atoms with van der Waals surface area (Å²) in [6.07, 6.45) is 0. The maximum absolute atomic E-state index is 11.7. The van der Waals surface area contributed by atoms with E-state index in [0.29, 0.717) is 19.6 Å². The van der Waals surface area contributed by atoms with Crippen LogP contribution in [0.1, 0.15) is 18.1 Å². The van der Waals surface area contributed by atoms with E-state index in [4.69, 9.17) is 5.73 Å². The molecule has 6 heteroatoms. The standard InChI is InChI=1S/C11H19N3O2S/c1-3-13-17(15,16)14(2)9-11-7-5-4-6-10(11)8-12/h4-7,13H,3,8-9,12H2,1-2H3. The highest BCUT2D eigenvalue weighted by atomic mass is 32.2. The summed E-state index contributed by atoms with van der Waals surface area (Å²) in [6, 6.07) is 7.57. The number of nitrogens with one attached hydrogen (secondary N) is 1. The minimum absolute atomic E-state index is 0.322. The molecule has 0 aliphatic heterocycles. The Hall–Kier alpha value is -0.950. The molecule has 0 aliphatic rings. The summed E-state index contributed by atoms with van der Waals surface area (Å²) in [5, 5.41) is 0. The average molecular weight is 257 g/mol. The second-order valence-corrected chi connectivity index (χ2v) is 5.59. The van der Waals surface area contributed by atoms with Crippen LogP contribution in [0, 0.1) is 0 Å². The predicted molar refractivity (Wildman–Crippen MR) is 68.4 cm³/mol. The van der Waals surface area contributed by atoms with Crippen LogP contribution in [-0.2, 0) is 23.3 Å². The van der Waals surface area contributed by atoms with Gasteiger partial charge in [0.05, 0.1) is 0 Å². The number of hydrogen-bond acceptors (Lipinski definition) is 3. The predicted octanol–water partition coefficient (Wildman–Crippen LogP) is 0.431. The lowest BCUT2D eigenvalue weighted by Gasteiger charge is -2.18.